The van der Waals surface area contributed by atoms with Crippen LogP contribution in [0.25, 0.3) is 0 Å². The van der Waals surface area contributed by atoms with Crippen molar-refractivity contribution in [3.63, 3.8) is 0 Å². The van der Waals surface area contributed by atoms with Gasteiger partial charge < -0.3 is 19.0 Å². The summed E-state index contributed by atoms with van der Waals surface area (Å²) in [5, 5.41) is 2.57. The van der Waals surface area contributed by atoms with Crippen LogP contribution in [0.3, 0.4) is 0 Å². The standard InChI is InChI=1S/C21H19FN2O5/c1-2-17(20(26)23-15-8-6-14(22)7-9-15)29-21(27)18-11-10-16(28-18)13-24-12-4-3-5-19(24)25/h3-12,17H,2,13H2,1H3,(H,23,26). The number of nitrogens with one attached hydrogen (secondary N) is 1. The zero-order valence-corrected chi connectivity index (χ0v) is 15.6. The van der Waals surface area contributed by atoms with Gasteiger partial charge >= 0.3 is 5.97 Å². The van der Waals surface area contributed by atoms with Crippen molar-refractivity contribution in [3.8, 4) is 0 Å². The van der Waals surface area contributed by atoms with Crippen molar-refractivity contribution in [1.82, 2.24) is 4.57 Å². The van der Waals surface area contributed by atoms with Crippen molar-refractivity contribution in [1.29, 1.82) is 0 Å². The van der Waals surface area contributed by atoms with E-state index < -0.39 is 23.8 Å². The lowest BCUT2D eigenvalue weighted by Crippen LogP contribution is -2.32. The Morgan fingerprint density at radius 3 is 2.59 bits per heavy atom. The number of pyridine rings is 1. The highest BCUT2D eigenvalue weighted by atomic mass is 19.1. The fourth-order valence-corrected chi connectivity index (χ4v) is 2.60. The van der Waals surface area contributed by atoms with Gasteiger partial charge in [0.1, 0.15) is 11.6 Å². The highest BCUT2D eigenvalue weighted by Crippen LogP contribution is 2.14. The molecule has 0 saturated heterocycles. The molecule has 1 unspecified atom stereocenters. The van der Waals surface area contributed by atoms with E-state index in [1.807, 2.05) is 0 Å². The molecule has 0 bridgehead atoms. The number of hydrogen-bond acceptors (Lipinski definition) is 5. The third kappa shape index (κ3) is 5.19. The number of furan rings is 1. The number of halogens is 1. The van der Waals surface area contributed by atoms with Crippen molar-refractivity contribution in [2.75, 3.05) is 5.32 Å². The Morgan fingerprint density at radius 1 is 1.14 bits per heavy atom. The minimum absolute atomic E-state index is 0.0722. The van der Waals surface area contributed by atoms with E-state index in [0.717, 1.165) is 0 Å². The molecule has 2 aromatic heterocycles. The molecule has 0 aliphatic carbocycles. The summed E-state index contributed by atoms with van der Waals surface area (Å²) in [6.45, 7) is 1.85. The summed E-state index contributed by atoms with van der Waals surface area (Å²) in [5.41, 5.74) is 0.191. The Bertz CT molecular complexity index is 1060. The molecule has 1 N–H and O–H groups in total. The number of nitrogens with zero attached hydrogens (tertiary/aromatic N) is 1. The van der Waals surface area contributed by atoms with Crippen LogP contribution in [-0.4, -0.2) is 22.5 Å². The molecule has 3 aromatic rings. The van der Waals surface area contributed by atoms with E-state index in [9.17, 15) is 18.8 Å². The van der Waals surface area contributed by atoms with E-state index in [4.69, 9.17) is 9.15 Å². The van der Waals surface area contributed by atoms with Gasteiger partial charge in [0, 0.05) is 18.0 Å². The van der Waals surface area contributed by atoms with Crippen LogP contribution < -0.4 is 10.9 Å². The molecule has 0 saturated carbocycles. The van der Waals surface area contributed by atoms with Crippen molar-refractivity contribution >= 4 is 17.6 Å². The maximum absolute atomic E-state index is 13.0. The number of esters is 1. The van der Waals surface area contributed by atoms with Crippen molar-refractivity contribution < 1.29 is 23.1 Å². The summed E-state index contributed by atoms with van der Waals surface area (Å²) in [5.74, 6) is -1.42. The largest absolute Gasteiger partial charge is 0.452 e. The molecular weight excluding hydrogens is 379 g/mol. The number of ether oxygens (including phenoxy) is 1. The van der Waals surface area contributed by atoms with E-state index in [2.05, 4.69) is 5.32 Å². The Morgan fingerprint density at radius 2 is 1.90 bits per heavy atom. The number of rotatable bonds is 7. The molecular formula is C21H19FN2O5. The maximum atomic E-state index is 13.0. The Kier molecular flexibility index (Phi) is 6.23. The number of anilines is 1. The number of aromatic nitrogens is 1. The van der Waals surface area contributed by atoms with Crippen LogP contribution in [0.1, 0.15) is 29.7 Å². The van der Waals surface area contributed by atoms with Crippen LogP contribution in [-0.2, 0) is 16.1 Å². The van der Waals surface area contributed by atoms with Gasteiger partial charge in [0.25, 0.3) is 11.5 Å². The number of amides is 1. The fourth-order valence-electron chi connectivity index (χ4n) is 2.60. The minimum atomic E-state index is -1.04. The lowest BCUT2D eigenvalue weighted by atomic mass is 10.2. The molecule has 0 radical (unpaired) electrons. The van der Waals surface area contributed by atoms with Gasteiger partial charge in [-0.05, 0) is 48.9 Å². The van der Waals surface area contributed by atoms with Crippen molar-refractivity contribution in [2.24, 2.45) is 0 Å². The second-order valence-corrected chi connectivity index (χ2v) is 6.23. The first kappa shape index (κ1) is 20.1. The summed E-state index contributed by atoms with van der Waals surface area (Å²) in [7, 11) is 0. The lowest BCUT2D eigenvalue weighted by Gasteiger charge is -2.15. The molecule has 1 atom stereocenters. The van der Waals surface area contributed by atoms with Gasteiger partial charge in [0.15, 0.2) is 6.10 Å². The van der Waals surface area contributed by atoms with Crippen LogP contribution in [0.5, 0.6) is 0 Å². The number of hydrogen-bond donors (Lipinski definition) is 1. The number of carbonyl (C=O) groups excluding carboxylic acids is 2. The first-order chi connectivity index (χ1) is 14.0. The highest BCUT2D eigenvalue weighted by molar-refractivity contribution is 5.96. The molecule has 0 fully saturated rings. The average molecular weight is 398 g/mol. The van der Waals surface area contributed by atoms with Gasteiger partial charge in [-0.3, -0.25) is 9.59 Å². The van der Waals surface area contributed by atoms with Crippen LogP contribution in [0.2, 0.25) is 0 Å². The summed E-state index contributed by atoms with van der Waals surface area (Å²) < 4.78 is 25.1. The van der Waals surface area contributed by atoms with Gasteiger partial charge in [-0.25, -0.2) is 9.18 Å². The monoisotopic (exact) mass is 398 g/mol. The van der Waals surface area contributed by atoms with Gasteiger partial charge in [-0.15, -0.1) is 0 Å². The predicted molar refractivity (Wildman–Crippen MR) is 103 cm³/mol. The van der Waals surface area contributed by atoms with Gasteiger partial charge in [-0.1, -0.05) is 13.0 Å². The number of benzene rings is 1. The zero-order chi connectivity index (χ0) is 20.8. The fraction of sp³-hybridized carbons (Fsp3) is 0.190. The quantitative estimate of drug-likeness (QED) is 0.617. The van der Waals surface area contributed by atoms with Crippen molar-refractivity contribution in [3.05, 3.63) is 88.5 Å². The van der Waals surface area contributed by atoms with Crippen molar-refractivity contribution in [2.45, 2.75) is 26.0 Å². The molecule has 2 heterocycles. The lowest BCUT2D eigenvalue weighted by molar-refractivity contribution is -0.124. The molecule has 1 aromatic carbocycles. The molecule has 0 aliphatic rings. The Labute approximate surface area is 165 Å². The Hall–Kier alpha value is -3.68. The average Bonchev–Trinajstić information content (AvgIpc) is 3.18. The molecule has 150 valence electrons. The third-order valence-electron chi connectivity index (χ3n) is 4.11. The summed E-state index contributed by atoms with van der Waals surface area (Å²) >= 11 is 0. The minimum Gasteiger partial charge on any atom is -0.452 e. The molecule has 7 nitrogen and oxygen atoms in total. The summed E-state index contributed by atoms with van der Waals surface area (Å²) in [4.78, 5) is 36.4. The van der Waals surface area contributed by atoms with Crippen LogP contribution >= 0.6 is 0 Å². The second-order valence-electron chi connectivity index (χ2n) is 6.23. The van der Waals surface area contributed by atoms with Crippen LogP contribution in [0.4, 0.5) is 10.1 Å². The van der Waals surface area contributed by atoms with E-state index in [1.165, 1.54) is 41.0 Å². The molecule has 29 heavy (non-hydrogen) atoms. The van der Waals surface area contributed by atoms with Gasteiger partial charge in [-0.2, -0.15) is 0 Å². The van der Waals surface area contributed by atoms with Gasteiger partial charge in [0.05, 0.1) is 6.54 Å². The topological polar surface area (TPSA) is 90.5 Å². The highest BCUT2D eigenvalue weighted by Gasteiger charge is 2.24. The Balaban J connectivity index is 1.63. The maximum Gasteiger partial charge on any atom is 0.375 e. The third-order valence-corrected chi connectivity index (χ3v) is 4.11. The van der Waals surface area contributed by atoms with E-state index >= 15 is 0 Å². The first-order valence-electron chi connectivity index (χ1n) is 8.98. The molecule has 0 spiro atoms. The molecule has 0 aliphatic heterocycles. The van der Waals surface area contributed by atoms with E-state index in [-0.39, 0.29) is 24.3 Å². The van der Waals surface area contributed by atoms with Crippen LogP contribution in [0, 0.1) is 5.82 Å². The first-order valence-corrected chi connectivity index (χ1v) is 8.98. The molecule has 3 rings (SSSR count). The summed E-state index contributed by atoms with van der Waals surface area (Å²) in [6, 6.07) is 13.0. The van der Waals surface area contributed by atoms with Gasteiger partial charge in [0.2, 0.25) is 5.76 Å². The zero-order valence-electron chi connectivity index (χ0n) is 15.6. The second kappa shape index (κ2) is 9.01. The summed E-state index contributed by atoms with van der Waals surface area (Å²) in [6.07, 6.45) is 0.805. The normalized spacial score (nSPS) is 11.7. The van der Waals surface area contributed by atoms with Crippen LogP contribution in [0.15, 0.2) is 70.0 Å². The number of carbonyl (C=O) groups is 2. The van der Waals surface area contributed by atoms with E-state index in [0.29, 0.717) is 11.4 Å². The SMILES string of the molecule is CCC(OC(=O)c1ccc(Cn2ccccc2=O)o1)C(=O)Nc1ccc(F)cc1. The predicted octanol–water partition coefficient (Wildman–Crippen LogP) is 3.20. The molecule has 1 amide bonds. The molecule has 8 heteroatoms. The smallest absolute Gasteiger partial charge is 0.375 e. The van der Waals surface area contributed by atoms with E-state index in [1.54, 1.807) is 31.3 Å².